The van der Waals surface area contributed by atoms with Crippen molar-refractivity contribution in [2.45, 2.75) is 6.61 Å². The molecule has 0 radical (unpaired) electrons. The van der Waals surface area contributed by atoms with Crippen molar-refractivity contribution >= 4 is 11.6 Å². The summed E-state index contributed by atoms with van der Waals surface area (Å²) in [6, 6.07) is 12.5. The van der Waals surface area contributed by atoms with Crippen molar-refractivity contribution in [3.8, 4) is 5.69 Å². The SMILES string of the molecule is O=C(Nc1cccc(CO)c1)c1cnn(-c2ccc(F)cc2)n1. The van der Waals surface area contributed by atoms with Gasteiger partial charge in [0.15, 0.2) is 5.69 Å². The van der Waals surface area contributed by atoms with Crippen LogP contribution in [0.15, 0.2) is 54.7 Å². The molecule has 0 atom stereocenters. The monoisotopic (exact) mass is 312 g/mol. The molecule has 1 amide bonds. The van der Waals surface area contributed by atoms with Crippen molar-refractivity contribution in [2.75, 3.05) is 5.32 Å². The van der Waals surface area contributed by atoms with E-state index in [1.165, 1.54) is 35.3 Å². The number of carbonyl (C=O) groups is 1. The Labute approximate surface area is 131 Å². The molecule has 3 rings (SSSR count). The summed E-state index contributed by atoms with van der Waals surface area (Å²) in [5.74, 6) is -0.781. The fourth-order valence-corrected chi connectivity index (χ4v) is 2.01. The minimum absolute atomic E-state index is 0.107. The van der Waals surface area contributed by atoms with Gasteiger partial charge in [0.25, 0.3) is 5.91 Å². The van der Waals surface area contributed by atoms with Crippen molar-refractivity contribution in [1.82, 2.24) is 15.0 Å². The van der Waals surface area contributed by atoms with E-state index in [1.807, 2.05) is 0 Å². The van der Waals surface area contributed by atoms with Crippen LogP contribution < -0.4 is 5.32 Å². The van der Waals surface area contributed by atoms with Gasteiger partial charge in [-0.05, 0) is 42.0 Å². The van der Waals surface area contributed by atoms with Crippen molar-refractivity contribution in [2.24, 2.45) is 0 Å². The Balaban J connectivity index is 1.76. The van der Waals surface area contributed by atoms with Gasteiger partial charge in [0.1, 0.15) is 5.82 Å². The Hall–Kier alpha value is -3.06. The number of aliphatic hydroxyl groups is 1. The molecule has 0 spiro atoms. The van der Waals surface area contributed by atoms with E-state index < -0.39 is 5.91 Å². The Morgan fingerprint density at radius 3 is 2.74 bits per heavy atom. The van der Waals surface area contributed by atoms with Crippen molar-refractivity contribution < 1.29 is 14.3 Å². The molecule has 116 valence electrons. The van der Waals surface area contributed by atoms with Gasteiger partial charge in [-0.15, -0.1) is 5.10 Å². The van der Waals surface area contributed by atoms with Crippen LogP contribution in [0.1, 0.15) is 16.1 Å². The number of benzene rings is 2. The first-order valence-electron chi connectivity index (χ1n) is 6.85. The van der Waals surface area contributed by atoms with Gasteiger partial charge in [-0.25, -0.2) is 4.39 Å². The highest BCUT2D eigenvalue weighted by atomic mass is 19.1. The summed E-state index contributed by atoms with van der Waals surface area (Å²) < 4.78 is 12.9. The van der Waals surface area contributed by atoms with Crippen molar-refractivity contribution in [3.63, 3.8) is 0 Å². The third-order valence-electron chi connectivity index (χ3n) is 3.15. The lowest BCUT2D eigenvalue weighted by atomic mass is 10.2. The average Bonchev–Trinajstić information content (AvgIpc) is 3.06. The van der Waals surface area contributed by atoms with Gasteiger partial charge < -0.3 is 10.4 Å². The van der Waals surface area contributed by atoms with Crippen LogP contribution in [-0.2, 0) is 6.61 Å². The molecule has 0 bridgehead atoms. The summed E-state index contributed by atoms with van der Waals surface area (Å²) in [6.45, 7) is -0.107. The molecule has 1 heterocycles. The second-order valence-corrected chi connectivity index (χ2v) is 4.81. The van der Waals surface area contributed by atoms with Gasteiger partial charge in [-0.2, -0.15) is 9.90 Å². The zero-order valence-electron chi connectivity index (χ0n) is 12.0. The predicted molar refractivity (Wildman–Crippen MR) is 81.6 cm³/mol. The minimum atomic E-state index is -0.423. The maximum absolute atomic E-state index is 12.9. The molecule has 6 nitrogen and oxygen atoms in total. The lowest BCUT2D eigenvalue weighted by molar-refractivity contribution is 0.102. The predicted octanol–water partition coefficient (Wildman–Crippen LogP) is 2.15. The summed E-state index contributed by atoms with van der Waals surface area (Å²) in [6.07, 6.45) is 1.33. The average molecular weight is 312 g/mol. The number of nitrogens with one attached hydrogen (secondary N) is 1. The highest BCUT2D eigenvalue weighted by Crippen LogP contribution is 2.12. The van der Waals surface area contributed by atoms with E-state index in [0.29, 0.717) is 16.9 Å². The van der Waals surface area contributed by atoms with E-state index in [0.717, 1.165) is 0 Å². The molecule has 0 saturated carbocycles. The molecule has 0 aliphatic carbocycles. The van der Waals surface area contributed by atoms with Crippen LogP contribution in [0, 0.1) is 5.82 Å². The Bertz CT molecular complexity index is 830. The maximum atomic E-state index is 12.9. The van der Waals surface area contributed by atoms with Crippen LogP contribution in [0.5, 0.6) is 0 Å². The molecule has 0 saturated heterocycles. The molecule has 0 aliphatic rings. The van der Waals surface area contributed by atoms with Gasteiger partial charge in [-0.1, -0.05) is 12.1 Å². The zero-order valence-corrected chi connectivity index (χ0v) is 12.0. The number of hydrogen-bond acceptors (Lipinski definition) is 4. The number of aliphatic hydroxyl groups excluding tert-OH is 1. The number of halogens is 1. The van der Waals surface area contributed by atoms with E-state index in [-0.39, 0.29) is 18.1 Å². The van der Waals surface area contributed by atoms with Gasteiger partial charge in [0.05, 0.1) is 18.5 Å². The molecule has 0 unspecified atom stereocenters. The molecular weight excluding hydrogens is 299 g/mol. The zero-order chi connectivity index (χ0) is 16.2. The van der Waals surface area contributed by atoms with E-state index in [2.05, 4.69) is 15.5 Å². The number of hydrogen-bond donors (Lipinski definition) is 2. The van der Waals surface area contributed by atoms with Crippen molar-refractivity contribution in [1.29, 1.82) is 0 Å². The summed E-state index contributed by atoms with van der Waals surface area (Å²) in [5, 5.41) is 19.8. The summed E-state index contributed by atoms with van der Waals surface area (Å²) in [5.41, 5.74) is 1.92. The first-order valence-corrected chi connectivity index (χ1v) is 6.85. The lowest BCUT2D eigenvalue weighted by Crippen LogP contribution is -2.13. The Morgan fingerprint density at radius 2 is 2.00 bits per heavy atom. The van der Waals surface area contributed by atoms with Crippen LogP contribution in [0.25, 0.3) is 5.69 Å². The normalized spacial score (nSPS) is 10.5. The molecule has 0 fully saturated rings. The molecule has 23 heavy (non-hydrogen) atoms. The molecule has 7 heteroatoms. The first-order chi connectivity index (χ1) is 11.2. The maximum Gasteiger partial charge on any atom is 0.277 e. The van der Waals surface area contributed by atoms with Gasteiger partial charge in [0, 0.05) is 5.69 Å². The van der Waals surface area contributed by atoms with Crippen LogP contribution in [0.2, 0.25) is 0 Å². The molecule has 2 N–H and O–H groups in total. The second kappa shape index (κ2) is 6.37. The molecule has 0 aliphatic heterocycles. The van der Waals surface area contributed by atoms with Gasteiger partial charge >= 0.3 is 0 Å². The summed E-state index contributed by atoms with van der Waals surface area (Å²) >= 11 is 0. The number of anilines is 1. The fraction of sp³-hybridized carbons (Fsp3) is 0.0625. The van der Waals surface area contributed by atoms with E-state index in [1.54, 1.807) is 24.3 Å². The van der Waals surface area contributed by atoms with E-state index in [9.17, 15) is 9.18 Å². The van der Waals surface area contributed by atoms with Gasteiger partial charge in [0.2, 0.25) is 0 Å². The largest absolute Gasteiger partial charge is 0.392 e. The molecular formula is C16H13FN4O2. The van der Waals surface area contributed by atoms with Crippen LogP contribution in [0.3, 0.4) is 0 Å². The first kappa shape index (κ1) is 14.9. The van der Waals surface area contributed by atoms with Gasteiger partial charge in [-0.3, -0.25) is 4.79 Å². The third kappa shape index (κ3) is 3.41. The molecule has 2 aromatic carbocycles. The third-order valence-corrected chi connectivity index (χ3v) is 3.15. The minimum Gasteiger partial charge on any atom is -0.392 e. The second-order valence-electron chi connectivity index (χ2n) is 4.81. The van der Waals surface area contributed by atoms with E-state index >= 15 is 0 Å². The molecule has 3 aromatic rings. The van der Waals surface area contributed by atoms with Crippen LogP contribution in [0.4, 0.5) is 10.1 Å². The van der Waals surface area contributed by atoms with Crippen LogP contribution >= 0.6 is 0 Å². The van der Waals surface area contributed by atoms with Crippen LogP contribution in [-0.4, -0.2) is 26.0 Å². The Kier molecular flexibility index (Phi) is 4.11. The number of aromatic nitrogens is 3. The molecule has 1 aromatic heterocycles. The topological polar surface area (TPSA) is 80.0 Å². The number of rotatable bonds is 4. The lowest BCUT2D eigenvalue weighted by Gasteiger charge is -2.04. The van der Waals surface area contributed by atoms with Crippen molar-refractivity contribution in [3.05, 3.63) is 71.8 Å². The number of carbonyl (C=O) groups excluding carboxylic acids is 1. The number of nitrogens with zero attached hydrogens (tertiary/aromatic N) is 3. The quantitative estimate of drug-likeness (QED) is 0.773. The fourth-order valence-electron chi connectivity index (χ4n) is 2.01. The standard InChI is InChI=1S/C16H13FN4O2/c17-12-4-6-14(7-5-12)21-18-9-15(20-21)16(23)19-13-3-1-2-11(8-13)10-22/h1-9,22H,10H2,(H,19,23). The smallest absolute Gasteiger partial charge is 0.277 e. The highest BCUT2D eigenvalue weighted by molar-refractivity contribution is 6.02. The number of amides is 1. The highest BCUT2D eigenvalue weighted by Gasteiger charge is 2.12. The summed E-state index contributed by atoms with van der Waals surface area (Å²) in [7, 11) is 0. The Morgan fingerprint density at radius 1 is 1.22 bits per heavy atom. The summed E-state index contributed by atoms with van der Waals surface area (Å²) in [4.78, 5) is 13.4. The van der Waals surface area contributed by atoms with E-state index in [4.69, 9.17) is 5.11 Å².